The Bertz CT molecular complexity index is 266. The highest BCUT2D eigenvalue weighted by molar-refractivity contribution is 5.83. The third-order valence-corrected chi connectivity index (χ3v) is 3.07. The molecule has 1 aliphatic heterocycles. The summed E-state index contributed by atoms with van der Waals surface area (Å²) in [6.45, 7) is 2.01. The molecule has 2 rings (SSSR count). The van der Waals surface area contributed by atoms with E-state index in [-0.39, 0.29) is 17.7 Å². The zero-order valence-electron chi connectivity index (χ0n) is 9.42. The van der Waals surface area contributed by atoms with Crippen molar-refractivity contribution in [2.75, 3.05) is 19.6 Å². The van der Waals surface area contributed by atoms with Crippen LogP contribution in [0.25, 0.3) is 0 Å². The molecule has 1 saturated carbocycles. The number of hydrogen-bond acceptors (Lipinski definition) is 3. The predicted octanol–water partition coefficient (Wildman–Crippen LogP) is -0.619. The summed E-state index contributed by atoms with van der Waals surface area (Å²) in [5, 5.41) is 8.95. The molecule has 2 aliphatic rings. The summed E-state index contributed by atoms with van der Waals surface area (Å²) in [5.74, 6) is 0.0793. The second kappa shape index (κ2) is 5.30. The van der Waals surface area contributed by atoms with Crippen LogP contribution < -0.4 is 16.0 Å². The topological polar surface area (TPSA) is 70.2 Å². The highest BCUT2D eigenvalue weighted by Crippen LogP contribution is 2.17. The molecule has 2 amide bonds. The second-order valence-electron chi connectivity index (χ2n) is 4.56. The molecular formula is C11H19N3O2. The smallest absolute Gasteiger partial charge is 0.224 e. The van der Waals surface area contributed by atoms with E-state index in [9.17, 15) is 9.59 Å². The minimum absolute atomic E-state index is 0.0429. The van der Waals surface area contributed by atoms with Crippen LogP contribution in [0, 0.1) is 5.92 Å². The van der Waals surface area contributed by atoms with Crippen molar-refractivity contribution in [2.24, 2.45) is 5.92 Å². The third kappa shape index (κ3) is 3.48. The van der Waals surface area contributed by atoms with Crippen molar-refractivity contribution in [1.29, 1.82) is 0 Å². The van der Waals surface area contributed by atoms with Crippen LogP contribution in [0.2, 0.25) is 0 Å². The molecule has 2 fully saturated rings. The van der Waals surface area contributed by atoms with Gasteiger partial charge in [-0.15, -0.1) is 0 Å². The number of piperidine rings is 1. The van der Waals surface area contributed by atoms with E-state index >= 15 is 0 Å². The van der Waals surface area contributed by atoms with Gasteiger partial charge in [-0.2, -0.15) is 0 Å². The monoisotopic (exact) mass is 225 g/mol. The quantitative estimate of drug-likeness (QED) is 0.546. The highest BCUT2D eigenvalue weighted by atomic mass is 16.2. The first-order chi connectivity index (χ1) is 7.75. The Morgan fingerprint density at radius 2 is 2.12 bits per heavy atom. The number of hydrogen-bond donors (Lipinski definition) is 3. The zero-order chi connectivity index (χ0) is 11.4. The van der Waals surface area contributed by atoms with Gasteiger partial charge in [-0.25, -0.2) is 0 Å². The second-order valence-corrected chi connectivity index (χ2v) is 4.56. The first-order valence-electron chi connectivity index (χ1n) is 6.03. The predicted molar refractivity (Wildman–Crippen MR) is 59.8 cm³/mol. The molecule has 3 N–H and O–H groups in total. The van der Waals surface area contributed by atoms with Gasteiger partial charge in [0.1, 0.15) is 0 Å². The largest absolute Gasteiger partial charge is 0.355 e. The molecule has 0 aromatic rings. The SMILES string of the molecule is O=C1CCC(C(=O)NCCNC2CC2)CN1. The Balaban J connectivity index is 1.57. The standard InChI is InChI=1S/C11H19N3O2/c15-10-4-1-8(7-14-10)11(16)13-6-5-12-9-2-3-9/h8-9,12H,1-7H2,(H,13,16)(H,14,15). The maximum atomic E-state index is 11.7. The molecule has 90 valence electrons. The van der Waals surface area contributed by atoms with Gasteiger partial charge in [0.25, 0.3) is 0 Å². The van der Waals surface area contributed by atoms with Gasteiger partial charge < -0.3 is 16.0 Å². The van der Waals surface area contributed by atoms with Crippen LogP contribution in [0.5, 0.6) is 0 Å². The normalized spacial score (nSPS) is 25.0. The van der Waals surface area contributed by atoms with Crippen molar-refractivity contribution in [1.82, 2.24) is 16.0 Å². The van der Waals surface area contributed by atoms with E-state index in [1.165, 1.54) is 12.8 Å². The summed E-state index contributed by atoms with van der Waals surface area (Å²) in [6.07, 6.45) is 3.68. The minimum atomic E-state index is -0.0429. The van der Waals surface area contributed by atoms with Crippen LogP contribution in [-0.2, 0) is 9.59 Å². The van der Waals surface area contributed by atoms with Gasteiger partial charge in [0.15, 0.2) is 0 Å². The van der Waals surface area contributed by atoms with Gasteiger partial charge in [0.2, 0.25) is 11.8 Å². The lowest BCUT2D eigenvalue weighted by molar-refractivity contribution is -0.128. The molecule has 0 radical (unpaired) electrons. The van der Waals surface area contributed by atoms with Crippen LogP contribution in [0.4, 0.5) is 0 Å². The number of nitrogens with one attached hydrogen (secondary N) is 3. The first kappa shape index (κ1) is 11.4. The average molecular weight is 225 g/mol. The molecule has 1 heterocycles. The fourth-order valence-electron chi connectivity index (χ4n) is 1.85. The highest BCUT2D eigenvalue weighted by Gasteiger charge is 2.24. The van der Waals surface area contributed by atoms with Gasteiger partial charge in [-0.1, -0.05) is 0 Å². The molecule has 0 aromatic heterocycles. The summed E-state index contributed by atoms with van der Waals surface area (Å²) in [7, 11) is 0. The van der Waals surface area contributed by atoms with Crippen molar-refractivity contribution in [3.63, 3.8) is 0 Å². The van der Waals surface area contributed by atoms with E-state index in [1.807, 2.05) is 0 Å². The van der Waals surface area contributed by atoms with Gasteiger partial charge in [0, 0.05) is 32.1 Å². The Morgan fingerprint density at radius 1 is 1.31 bits per heavy atom. The maximum Gasteiger partial charge on any atom is 0.224 e. The first-order valence-corrected chi connectivity index (χ1v) is 6.03. The van der Waals surface area contributed by atoms with Gasteiger partial charge >= 0.3 is 0 Å². The number of carbonyl (C=O) groups is 2. The molecule has 1 atom stereocenters. The lowest BCUT2D eigenvalue weighted by Gasteiger charge is -2.21. The molecule has 1 saturated heterocycles. The fraction of sp³-hybridized carbons (Fsp3) is 0.818. The molecule has 1 aliphatic carbocycles. The molecule has 0 spiro atoms. The molecular weight excluding hydrogens is 206 g/mol. The molecule has 1 unspecified atom stereocenters. The van der Waals surface area contributed by atoms with Crippen molar-refractivity contribution in [3.05, 3.63) is 0 Å². The third-order valence-electron chi connectivity index (χ3n) is 3.07. The number of amides is 2. The lowest BCUT2D eigenvalue weighted by Crippen LogP contribution is -2.44. The summed E-state index contributed by atoms with van der Waals surface area (Å²) >= 11 is 0. The zero-order valence-corrected chi connectivity index (χ0v) is 9.42. The van der Waals surface area contributed by atoms with Crippen LogP contribution in [-0.4, -0.2) is 37.5 Å². The molecule has 0 bridgehead atoms. The van der Waals surface area contributed by atoms with Crippen LogP contribution in [0.3, 0.4) is 0 Å². The van der Waals surface area contributed by atoms with Crippen molar-refractivity contribution < 1.29 is 9.59 Å². The van der Waals surface area contributed by atoms with Crippen LogP contribution in [0.1, 0.15) is 25.7 Å². The van der Waals surface area contributed by atoms with Crippen molar-refractivity contribution in [2.45, 2.75) is 31.7 Å². The van der Waals surface area contributed by atoms with E-state index in [1.54, 1.807) is 0 Å². The molecule has 5 heteroatoms. The fourth-order valence-corrected chi connectivity index (χ4v) is 1.85. The Labute approximate surface area is 95.3 Å². The molecule has 5 nitrogen and oxygen atoms in total. The molecule has 0 aromatic carbocycles. The summed E-state index contributed by atoms with van der Waals surface area (Å²) in [4.78, 5) is 22.6. The van der Waals surface area contributed by atoms with Gasteiger partial charge in [0.05, 0.1) is 5.92 Å². The lowest BCUT2D eigenvalue weighted by atomic mass is 9.98. The van der Waals surface area contributed by atoms with Gasteiger partial charge in [-0.3, -0.25) is 9.59 Å². The number of rotatable bonds is 5. The van der Waals surface area contributed by atoms with E-state index < -0.39 is 0 Å². The van der Waals surface area contributed by atoms with E-state index in [0.29, 0.717) is 32.0 Å². The average Bonchev–Trinajstić information content (AvgIpc) is 3.09. The number of carbonyl (C=O) groups excluding carboxylic acids is 2. The Morgan fingerprint density at radius 3 is 2.75 bits per heavy atom. The summed E-state index contributed by atoms with van der Waals surface area (Å²) in [5.41, 5.74) is 0. The van der Waals surface area contributed by atoms with E-state index in [2.05, 4.69) is 16.0 Å². The Hall–Kier alpha value is -1.10. The van der Waals surface area contributed by atoms with E-state index in [4.69, 9.17) is 0 Å². The summed E-state index contributed by atoms with van der Waals surface area (Å²) < 4.78 is 0. The molecule has 16 heavy (non-hydrogen) atoms. The van der Waals surface area contributed by atoms with Crippen molar-refractivity contribution >= 4 is 11.8 Å². The van der Waals surface area contributed by atoms with Crippen LogP contribution >= 0.6 is 0 Å². The minimum Gasteiger partial charge on any atom is -0.355 e. The Kier molecular flexibility index (Phi) is 3.77. The van der Waals surface area contributed by atoms with Crippen molar-refractivity contribution in [3.8, 4) is 0 Å². The maximum absolute atomic E-state index is 11.7. The summed E-state index contributed by atoms with van der Waals surface area (Å²) in [6, 6.07) is 0.686. The van der Waals surface area contributed by atoms with E-state index in [0.717, 1.165) is 6.54 Å². The van der Waals surface area contributed by atoms with Crippen LogP contribution in [0.15, 0.2) is 0 Å². The van der Waals surface area contributed by atoms with Gasteiger partial charge in [-0.05, 0) is 19.3 Å².